The van der Waals surface area contributed by atoms with Crippen molar-refractivity contribution in [2.24, 2.45) is 0 Å². The van der Waals surface area contributed by atoms with Gasteiger partial charge in [0.1, 0.15) is 6.54 Å². The fourth-order valence-corrected chi connectivity index (χ4v) is 6.22. The predicted molar refractivity (Wildman–Crippen MR) is 158 cm³/mol. The van der Waals surface area contributed by atoms with Crippen LogP contribution in [-0.2, 0) is 24.8 Å². The third-order valence-electron chi connectivity index (χ3n) is 6.02. The van der Waals surface area contributed by atoms with Crippen molar-refractivity contribution in [3.8, 4) is 11.5 Å². The molecule has 0 spiro atoms. The van der Waals surface area contributed by atoms with E-state index in [0.29, 0.717) is 11.4 Å². The number of anilines is 3. The third kappa shape index (κ3) is 6.95. The molecule has 2 N–H and O–H groups in total. The van der Waals surface area contributed by atoms with Crippen LogP contribution in [0, 0.1) is 13.8 Å². The first-order valence-electron chi connectivity index (χ1n) is 12.5. The second kappa shape index (κ2) is 12.4. The fourth-order valence-electron chi connectivity index (χ4n) is 3.86. The molecule has 0 radical (unpaired) electrons. The molecule has 0 saturated heterocycles. The number of hydrogen-bond acceptors (Lipinski definition) is 9. The summed E-state index contributed by atoms with van der Waals surface area (Å²) in [6.45, 7) is 2.95. The maximum absolute atomic E-state index is 13.7. The molecule has 42 heavy (non-hydrogen) atoms. The summed E-state index contributed by atoms with van der Waals surface area (Å²) >= 11 is 0. The summed E-state index contributed by atoms with van der Waals surface area (Å²) in [5.74, 6) is -0.0716. The molecule has 0 bridgehead atoms. The van der Waals surface area contributed by atoms with E-state index in [1.54, 1.807) is 31.2 Å². The molecule has 0 aliphatic carbocycles. The molecule has 12 nitrogen and oxygen atoms in total. The molecule has 0 atom stereocenters. The maximum atomic E-state index is 13.7. The summed E-state index contributed by atoms with van der Waals surface area (Å²) in [5, 5.41) is 2.62. The van der Waals surface area contributed by atoms with E-state index in [9.17, 15) is 21.6 Å². The first-order chi connectivity index (χ1) is 19.9. The van der Waals surface area contributed by atoms with E-state index < -0.39 is 32.5 Å². The number of benzene rings is 3. The summed E-state index contributed by atoms with van der Waals surface area (Å²) in [4.78, 5) is 21.0. The van der Waals surface area contributed by atoms with E-state index in [0.717, 1.165) is 9.87 Å². The van der Waals surface area contributed by atoms with Gasteiger partial charge in [0, 0.05) is 23.6 Å². The van der Waals surface area contributed by atoms with E-state index in [2.05, 4.69) is 20.0 Å². The number of sulfonamides is 2. The van der Waals surface area contributed by atoms with Gasteiger partial charge in [-0.05, 0) is 68.4 Å². The van der Waals surface area contributed by atoms with Crippen LogP contribution in [-0.4, -0.2) is 53.5 Å². The average Bonchev–Trinajstić information content (AvgIpc) is 2.96. The molecule has 0 aliphatic rings. The van der Waals surface area contributed by atoms with Crippen molar-refractivity contribution < 1.29 is 31.1 Å². The molecular formula is C28H29N5O7S2. The third-order valence-corrected chi connectivity index (χ3v) is 9.15. The summed E-state index contributed by atoms with van der Waals surface area (Å²) < 4.78 is 66.7. The lowest BCUT2D eigenvalue weighted by Crippen LogP contribution is -2.38. The molecule has 0 fully saturated rings. The van der Waals surface area contributed by atoms with Crippen molar-refractivity contribution in [2.45, 2.75) is 23.6 Å². The van der Waals surface area contributed by atoms with Crippen LogP contribution in [0.3, 0.4) is 0 Å². The largest absolute Gasteiger partial charge is 0.493 e. The van der Waals surface area contributed by atoms with Crippen LogP contribution in [0.15, 0.2) is 88.8 Å². The van der Waals surface area contributed by atoms with Gasteiger partial charge in [-0.25, -0.2) is 31.5 Å². The Kier molecular flexibility index (Phi) is 8.97. The van der Waals surface area contributed by atoms with Gasteiger partial charge < -0.3 is 14.8 Å². The van der Waals surface area contributed by atoms with Crippen LogP contribution in [0.5, 0.6) is 11.5 Å². The predicted octanol–water partition coefficient (Wildman–Crippen LogP) is 3.75. The Morgan fingerprint density at radius 3 is 2.10 bits per heavy atom. The number of nitrogens with zero attached hydrogens (tertiary/aromatic N) is 3. The molecule has 0 aliphatic heterocycles. The van der Waals surface area contributed by atoms with Crippen LogP contribution in [0.1, 0.15) is 11.3 Å². The number of aromatic nitrogens is 2. The molecule has 4 aromatic rings. The first kappa shape index (κ1) is 30.3. The zero-order valence-electron chi connectivity index (χ0n) is 23.2. The quantitative estimate of drug-likeness (QED) is 0.258. The minimum Gasteiger partial charge on any atom is -0.493 e. The Bertz CT molecular complexity index is 1800. The smallest absolute Gasteiger partial charge is 0.264 e. The van der Waals surface area contributed by atoms with Gasteiger partial charge in [0.15, 0.2) is 11.5 Å². The van der Waals surface area contributed by atoms with E-state index >= 15 is 0 Å². The highest BCUT2D eigenvalue weighted by molar-refractivity contribution is 7.93. The monoisotopic (exact) mass is 611 g/mol. The molecular weight excluding hydrogens is 582 g/mol. The standard InChI is InChI=1S/C28H29N5O7S2/c1-19-5-10-24(11-6-19)42(37,38)33(22-9-14-25(39-3)26(17-22)40-4)18-27(34)31-21-7-12-23(13-8-21)41(35,36)32-28-29-16-15-20(2)30-28/h5-17H,18H2,1-4H3,(H,31,34)(H,29,30,32). The zero-order valence-corrected chi connectivity index (χ0v) is 24.9. The molecule has 1 amide bonds. The number of amides is 1. The van der Waals surface area contributed by atoms with Crippen LogP contribution in [0.4, 0.5) is 17.3 Å². The van der Waals surface area contributed by atoms with Gasteiger partial charge in [-0.3, -0.25) is 9.10 Å². The number of carbonyl (C=O) groups excluding carboxylic acids is 1. The van der Waals surface area contributed by atoms with Crippen molar-refractivity contribution >= 4 is 43.3 Å². The number of carbonyl (C=O) groups is 1. The Labute approximate surface area is 244 Å². The van der Waals surface area contributed by atoms with E-state index in [1.807, 2.05) is 6.92 Å². The van der Waals surface area contributed by atoms with E-state index in [-0.39, 0.29) is 32.9 Å². The Hall–Kier alpha value is -4.69. The Balaban J connectivity index is 1.57. The van der Waals surface area contributed by atoms with Gasteiger partial charge in [0.2, 0.25) is 11.9 Å². The maximum Gasteiger partial charge on any atom is 0.264 e. The minimum atomic E-state index is -4.19. The van der Waals surface area contributed by atoms with Crippen LogP contribution >= 0.6 is 0 Å². The number of methoxy groups -OCH3 is 2. The van der Waals surface area contributed by atoms with Crippen molar-refractivity contribution in [3.05, 3.63) is 90.3 Å². The second-order valence-electron chi connectivity index (χ2n) is 9.06. The van der Waals surface area contributed by atoms with Gasteiger partial charge in [0.25, 0.3) is 20.0 Å². The minimum absolute atomic E-state index is 0.00432. The Morgan fingerprint density at radius 2 is 1.48 bits per heavy atom. The van der Waals surface area contributed by atoms with E-state index in [4.69, 9.17) is 9.47 Å². The van der Waals surface area contributed by atoms with Gasteiger partial charge in [-0.1, -0.05) is 17.7 Å². The summed E-state index contributed by atoms with van der Waals surface area (Å²) in [6, 6.07) is 17.8. The summed E-state index contributed by atoms with van der Waals surface area (Å²) in [5.41, 5.74) is 1.89. The highest BCUT2D eigenvalue weighted by Crippen LogP contribution is 2.34. The number of hydrogen-bond donors (Lipinski definition) is 2. The number of nitrogens with one attached hydrogen (secondary N) is 2. The van der Waals surface area contributed by atoms with Gasteiger partial charge >= 0.3 is 0 Å². The fraction of sp³-hybridized carbons (Fsp3) is 0.179. The number of ether oxygens (including phenoxy) is 2. The molecule has 0 saturated carbocycles. The molecule has 3 aromatic carbocycles. The van der Waals surface area contributed by atoms with Crippen LogP contribution in [0.2, 0.25) is 0 Å². The van der Waals surface area contributed by atoms with Gasteiger partial charge in [-0.2, -0.15) is 0 Å². The molecule has 220 valence electrons. The lowest BCUT2D eigenvalue weighted by Gasteiger charge is -2.25. The van der Waals surface area contributed by atoms with Crippen molar-refractivity contribution in [2.75, 3.05) is 35.1 Å². The average molecular weight is 612 g/mol. The SMILES string of the molecule is COc1ccc(N(CC(=O)Nc2ccc(S(=O)(=O)Nc3nccc(C)n3)cc2)S(=O)(=O)c2ccc(C)cc2)cc1OC. The molecule has 1 heterocycles. The van der Waals surface area contributed by atoms with Crippen molar-refractivity contribution in [3.63, 3.8) is 0 Å². The highest BCUT2D eigenvalue weighted by atomic mass is 32.2. The lowest BCUT2D eigenvalue weighted by molar-refractivity contribution is -0.114. The summed E-state index contributed by atoms with van der Waals surface area (Å²) in [6.07, 6.45) is 1.43. The topological polar surface area (TPSA) is 157 Å². The molecule has 4 rings (SSSR count). The van der Waals surface area contributed by atoms with E-state index in [1.165, 1.54) is 68.9 Å². The van der Waals surface area contributed by atoms with Crippen molar-refractivity contribution in [1.82, 2.24) is 9.97 Å². The number of aryl methyl sites for hydroxylation is 2. The van der Waals surface area contributed by atoms with Crippen LogP contribution < -0.4 is 23.8 Å². The summed E-state index contributed by atoms with van der Waals surface area (Å²) in [7, 11) is -5.31. The zero-order chi connectivity index (χ0) is 30.5. The highest BCUT2D eigenvalue weighted by Gasteiger charge is 2.28. The Morgan fingerprint density at radius 1 is 0.833 bits per heavy atom. The van der Waals surface area contributed by atoms with Gasteiger partial charge in [0.05, 0.1) is 29.7 Å². The molecule has 1 aromatic heterocycles. The lowest BCUT2D eigenvalue weighted by atomic mass is 10.2. The van der Waals surface area contributed by atoms with Crippen molar-refractivity contribution in [1.29, 1.82) is 0 Å². The van der Waals surface area contributed by atoms with Gasteiger partial charge in [-0.15, -0.1) is 0 Å². The van der Waals surface area contributed by atoms with Crippen LogP contribution in [0.25, 0.3) is 0 Å². The molecule has 14 heteroatoms. The number of rotatable bonds is 11. The second-order valence-corrected chi connectivity index (χ2v) is 12.6. The first-order valence-corrected chi connectivity index (χ1v) is 15.4. The normalized spacial score (nSPS) is 11.4. The molecule has 0 unspecified atom stereocenters.